The molecule has 0 aromatic carbocycles. The van der Waals surface area contributed by atoms with E-state index in [0.717, 1.165) is 0 Å². The zero-order chi connectivity index (χ0) is 8.43. The molecule has 3 nitrogen and oxygen atoms in total. The zero-order valence-electron chi connectivity index (χ0n) is 6.22. The van der Waals surface area contributed by atoms with Crippen molar-refractivity contribution >= 4 is 12.0 Å². The number of allylic oxidation sites excluding steroid dienone is 1. The second kappa shape index (κ2) is 4.27. The van der Waals surface area contributed by atoms with Crippen molar-refractivity contribution in [1.82, 2.24) is 0 Å². The van der Waals surface area contributed by atoms with Gasteiger partial charge in [-0.1, -0.05) is 5.10 Å². The van der Waals surface area contributed by atoms with Gasteiger partial charge in [0.2, 0.25) is 0 Å². The molecule has 0 amide bonds. The summed E-state index contributed by atoms with van der Waals surface area (Å²) in [5.41, 5.74) is -0.435. The average molecular weight is 197 g/mol. The molecule has 0 bridgehead atoms. The van der Waals surface area contributed by atoms with E-state index in [2.05, 4.69) is 5.10 Å². The number of carbonyl (C=O) groups is 1. The number of halogens is 3. The molecular weight excluding hydrogens is 190 g/mol. The second-order valence-corrected chi connectivity index (χ2v) is 2.16. The van der Waals surface area contributed by atoms with E-state index in [1.807, 2.05) is 0 Å². The lowest BCUT2D eigenvalue weighted by Gasteiger charge is -1.93. The van der Waals surface area contributed by atoms with E-state index in [9.17, 15) is 13.6 Å². The number of carbonyl (C=O) groups excluding carboxylic acids is 1. The van der Waals surface area contributed by atoms with Crippen molar-refractivity contribution < 1.29 is 31.0 Å². The maximum absolute atomic E-state index is 12.0. The fraction of sp³-hybridized carbons (Fsp3) is 0.333. The SMILES string of the molecule is C[NH+]1C=C(C=O)C(C(F)F)=N1.[Cl-]. The molecule has 0 fully saturated rings. The lowest BCUT2D eigenvalue weighted by atomic mass is 10.2. The summed E-state index contributed by atoms with van der Waals surface area (Å²) < 4.78 is 24.0. The summed E-state index contributed by atoms with van der Waals surface area (Å²) >= 11 is 0. The molecule has 12 heavy (non-hydrogen) atoms. The summed E-state index contributed by atoms with van der Waals surface area (Å²) in [7, 11) is 1.57. The summed E-state index contributed by atoms with van der Waals surface area (Å²) in [5.74, 6) is 0. The lowest BCUT2D eigenvalue weighted by molar-refractivity contribution is -0.829. The molecule has 1 heterocycles. The Morgan fingerprint density at radius 2 is 2.25 bits per heavy atom. The van der Waals surface area contributed by atoms with Crippen molar-refractivity contribution in [3.63, 3.8) is 0 Å². The van der Waals surface area contributed by atoms with Crippen molar-refractivity contribution in [2.24, 2.45) is 5.10 Å². The van der Waals surface area contributed by atoms with Gasteiger partial charge in [0.25, 0.3) is 6.43 Å². The first-order valence-corrected chi connectivity index (χ1v) is 3.02. The molecule has 0 radical (unpaired) electrons. The van der Waals surface area contributed by atoms with Crippen LogP contribution in [0.5, 0.6) is 0 Å². The maximum atomic E-state index is 12.0. The number of nitrogens with zero attached hydrogens (tertiary/aromatic N) is 1. The molecule has 0 saturated heterocycles. The largest absolute Gasteiger partial charge is 1.00 e. The van der Waals surface area contributed by atoms with Gasteiger partial charge in [-0.3, -0.25) is 4.79 Å². The minimum Gasteiger partial charge on any atom is -1.00 e. The highest BCUT2D eigenvalue weighted by Crippen LogP contribution is 2.05. The molecule has 0 aromatic heterocycles. The second-order valence-electron chi connectivity index (χ2n) is 2.16. The maximum Gasteiger partial charge on any atom is 0.286 e. The number of aldehydes is 1. The molecule has 1 atom stereocenters. The standard InChI is InChI=1S/C6H6F2N2O.ClH/c1-10-2-4(3-11)5(9-10)6(7)8;/h2-3,6H,1H3;1H. The molecule has 0 saturated carbocycles. The van der Waals surface area contributed by atoms with Crippen LogP contribution in [0.4, 0.5) is 8.78 Å². The van der Waals surface area contributed by atoms with Gasteiger partial charge in [0.15, 0.2) is 12.0 Å². The van der Waals surface area contributed by atoms with Crippen LogP contribution in [0.2, 0.25) is 0 Å². The van der Waals surface area contributed by atoms with Gasteiger partial charge in [0.1, 0.15) is 11.8 Å². The van der Waals surface area contributed by atoms with Gasteiger partial charge in [-0.15, -0.1) is 0 Å². The Morgan fingerprint density at radius 3 is 2.58 bits per heavy atom. The van der Waals surface area contributed by atoms with E-state index in [1.165, 1.54) is 6.20 Å². The van der Waals surface area contributed by atoms with Crippen LogP contribution < -0.4 is 17.4 Å². The predicted octanol–water partition coefficient (Wildman–Crippen LogP) is -3.78. The Hall–Kier alpha value is -0.810. The minimum atomic E-state index is -2.66. The van der Waals surface area contributed by atoms with Gasteiger partial charge in [-0.2, -0.15) is 5.01 Å². The quantitative estimate of drug-likeness (QED) is 0.452. The van der Waals surface area contributed by atoms with E-state index in [0.29, 0.717) is 11.3 Å². The van der Waals surface area contributed by atoms with Crippen molar-refractivity contribution in [3.05, 3.63) is 11.8 Å². The number of alkyl halides is 2. The van der Waals surface area contributed by atoms with Crippen molar-refractivity contribution in [1.29, 1.82) is 0 Å². The van der Waals surface area contributed by atoms with Crippen LogP contribution in [0.3, 0.4) is 0 Å². The Bertz CT molecular complexity index is 240. The van der Waals surface area contributed by atoms with Gasteiger partial charge in [-0.25, -0.2) is 8.78 Å². The lowest BCUT2D eigenvalue weighted by Crippen LogP contribution is -3.00. The zero-order valence-corrected chi connectivity index (χ0v) is 6.98. The highest BCUT2D eigenvalue weighted by Gasteiger charge is 2.27. The van der Waals surface area contributed by atoms with Crippen LogP contribution >= 0.6 is 0 Å². The topological polar surface area (TPSA) is 33.9 Å². The normalized spacial score (nSPS) is 21.5. The molecule has 0 spiro atoms. The Labute approximate surface area is 74.1 Å². The molecule has 68 valence electrons. The first-order valence-electron chi connectivity index (χ1n) is 3.02. The molecule has 1 aliphatic heterocycles. The van der Waals surface area contributed by atoms with Crippen molar-refractivity contribution in [2.45, 2.75) is 6.43 Å². The first kappa shape index (κ1) is 11.2. The summed E-state index contributed by atoms with van der Waals surface area (Å²) in [5, 5.41) is 3.95. The Kier molecular flexibility index (Phi) is 3.99. The molecule has 1 unspecified atom stereocenters. The summed E-state index contributed by atoms with van der Waals surface area (Å²) in [6, 6.07) is 0. The van der Waals surface area contributed by atoms with E-state index in [4.69, 9.17) is 0 Å². The molecule has 6 heteroatoms. The van der Waals surface area contributed by atoms with Gasteiger partial charge in [0, 0.05) is 0 Å². The van der Waals surface area contributed by atoms with Crippen molar-refractivity contribution in [2.75, 3.05) is 7.05 Å². The first-order chi connectivity index (χ1) is 5.15. The monoisotopic (exact) mass is 196 g/mol. The highest BCUT2D eigenvalue weighted by atomic mass is 35.5. The molecule has 0 aromatic rings. The predicted molar refractivity (Wildman–Crippen MR) is 34.5 cm³/mol. The van der Waals surface area contributed by atoms with Crippen LogP contribution in [0.1, 0.15) is 0 Å². The average Bonchev–Trinajstić information content (AvgIpc) is 2.30. The third kappa shape index (κ3) is 2.09. The van der Waals surface area contributed by atoms with E-state index < -0.39 is 12.1 Å². The number of hydrogen-bond donors (Lipinski definition) is 1. The number of nitrogens with one attached hydrogen (secondary N) is 1. The molecule has 1 aliphatic rings. The van der Waals surface area contributed by atoms with Crippen LogP contribution in [0.25, 0.3) is 0 Å². The van der Waals surface area contributed by atoms with Gasteiger partial charge in [0.05, 0.1) is 7.05 Å². The molecule has 1 N–H and O–H groups in total. The van der Waals surface area contributed by atoms with Crippen LogP contribution in [0.15, 0.2) is 16.9 Å². The number of hydrogen-bond acceptors (Lipinski definition) is 2. The Morgan fingerprint density at radius 1 is 1.67 bits per heavy atom. The minimum absolute atomic E-state index is 0. The summed E-state index contributed by atoms with van der Waals surface area (Å²) in [6.07, 6.45) is -0.931. The van der Waals surface area contributed by atoms with Crippen LogP contribution in [-0.4, -0.2) is 25.5 Å². The molecule has 1 rings (SSSR count). The third-order valence-electron chi connectivity index (χ3n) is 1.29. The van der Waals surface area contributed by atoms with E-state index in [-0.39, 0.29) is 18.0 Å². The van der Waals surface area contributed by atoms with Crippen LogP contribution in [0, 0.1) is 0 Å². The summed E-state index contributed by atoms with van der Waals surface area (Å²) in [6.45, 7) is 0. The van der Waals surface area contributed by atoms with E-state index in [1.54, 1.807) is 7.05 Å². The molecule has 0 aliphatic carbocycles. The van der Waals surface area contributed by atoms with Gasteiger partial charge in [-0.05, 0) is 0 Å². The fourth-order valence-corrected chi connectivity index (χ4v) is 0.855. The van der Waals surface area contributed by atoms with Crippen LogP contribution in [-0.2, 0) is 4.79 Å². The van der Waals surface area contributed by atoms with Gasteiger partial charge >= 0.3 is 0 Å². The van der Waals surface area contributed by atoms with Crippen molar-refractivity contribution in [3.8, 4) is 0 Å². The highest BCUT2D eigenvalue weighted by molar-refractivity contribution is 6.16. The fourth-order valence-electron chi connectivity index (χ4n) is 0.855. The Balaban J connectivity index is 0.00000121. The smallest absolute Gasteiger partial charge is 0.286 e. The third-order valence-corrected chi connectivity index (χ3v) is 1.29. The summed E-state index contributed by atoms with van der Waals surface area (Å²) in [4.78, 5) is 10.2. The van der Waals surface area contributed by atoms with E-state index >= 15 is 0 Å². The van der Waals surface area contributed by atoms with Gasteiger partial charge < -0.3 is 12.4 Å². The number of rotatable bonds is 2. The number of quaternary nitrogens is 1. The molecular formula is C6H7ClF2N2O.